The monoisotopic (exact) mass is 333 g/mol. The van der Waals surface area contributed by atoms with E-state index in [4.69, 9.17) is 0 Å². The van der Waals surface area contributed by atoms with E-state index >= 15 is 0 Å². The van der Waals surface area contributed by atoms with Crippen molar-refractivity contribution >= 4 is 32.6 Å². The second-order valence-corrected chi connectivity index (χ2v) is 7.89. The largest absolute Gasteiger partial charge is 0.354 e. The first-order valence-electron chi connectivity index (χ1n) is 9.23. The molecule has 5 aromatic rings. The Hall–Kier alpha value is -3.06. The van der Waals surface area contributed by atoms with Crippen molar-refractivity contribution in [1.82, 2.24) is 4.98 Å². The molecule has 0 aliphatic heterocycles. The molecule has 1 N–H and O–H groups in total. The number of nitrogens with one attached hydrogen (secondary N) is 1. The molecule has 0 atom stereocenters. The Morgan fingerprint density at radius 1 is 0.692 bits per heavy atom. The van der Waals surface area contributed by atoms with Gasteiger partial charge in [0.25, 0.3) is 0 Å². The van der Waals surface area contributed by atoms with E-state index in [2.05, 4.69) is 91.6 Å². The minimum atomic E-state index is -0.00189. The lowest BCUT2D eigenvalue weighted by atomic mass is 9.79. The average molecular weight is 333 g/mol. The van der Waals surface area contributed by atoms with Gasteiger partial charge < -0.3 is 4.98 Å². The molecule has 1 aromatic heterocycles. The zero-order valence-electron chi connectivity index (χ0n) is 14.9. The Balaban J connectivity index is 2.00. The highest BCUT2D eigenvalue weighted by atomic mass is 14.7. The van der Waals surface area contributed by atoms with E-state index in [1.54, 1.807) is 0 Å². The van der Waals surface area contributed by atoms with Crippen LogP contribution >= 0.6 is 0 Å². The van der Waals surface area contributed by atoms with Gasteiger partial charge in [-0.15, -0.1) is 0 Å². The first-order chi connectivity index (χ1) is 12.7. The van der Waals surface area contributed by atoms with Gasteiger partial charge in [-0.05, 0) is 33.7 Å². The molecule has 1 heterocycles. The maximum absolute atomic E-state index is 3.71. The molecular formula is C25H19N. The van der Waals surface area contributed by atoms with Gasteiger partial charge in [-0.2, -0.15) is 0 Å². The highest BCUT2D eigenvalue weighted by molar-refractivity contribution is 6.25. The first-order valence-corrected chi connectivity index (χ1v) is 9.23. The Labute approximate surface area is 152 Å². The van der Waals surface area contributed by atoms with E-state index in [0.717, 1.165) is 0 Å². The Kier molecular flexibility index (Phi) is 2.48. The van der Waals surface area contributed by atoms with Crippen molar-refractivity contribution in [2.45, 2.75) is 19.3 Å². The van der Waals surface area contributed by atoms with Crippen molar-refractivity contribution in [3.8, 4) is 11.1 Å². The van der Waals surface area contributed by atoms with Gasteiger partial charge in [-0.25, -0.2) is 0 Å². The summed E-state index contributed by atoms with van der Waals surface area (Å²) in [7, 11) is 0. The molecule has 0 radical (unpaired) electrons. The van der Waals surface area contributed by atoms with E-state index in [9.17, 15) is 0 Å². The predicted molar refractivity (Wildman–Crippen MR) is 111 cm³/mol. The number of hydrogen-bond donors (Lipinski definition) is 1. The van der Waals surface area contributed by atoms with Crippen LogP contribution in [0.2, 0.25) is 0 Å². The standard InChI is InChI=1S/C25H19N/c1-25(2)19-13-7-5-11-17(19)21-22-18-12-6-8-14-20(18)26-24(22)16-10-4-3-9-15(16)23(21)25/h3-14,26H,1-2H3. The molecule has 1 nitrogen and oxygen atoms in total. The predicted octanol–water partition coefficient (Wildman–Crippen LogP) is 6.78. The molecular weight excluding hydrogens is 314 g/mol. The normalized spacial score (nSPS) is 14.8. The molecule has 0 unspecified atom stereocenters. The first kappa shape index (κ1) is 14.1. The number of para-hydroxylation sites is 1. The van der Waals surface area contributed by atoms with Gasteiger partial charge in [0.15, 0.2) is 0 Å². The van der Waals surface area contributed by atoms with Crippen LogP contribution in [0.3, 0.4) is 0 Å². The van der Waals surface area contributed by atoms with Crippen LogP contribution in [0.25, 0.3) is 43.7 Å². The molecule has 0 saturated heterocycles. The van der Waals surface area contributed by atoms with Crippen LogP contribution < -0.4 is 0 Å². The summed E-state index contributed by atoms with van der Waals surface area (Å²) in [4.78, 5) is 3.71. The van der Waals surface area contributed by atoms with E-state index < -0.39 is 0 Å². The average Bonchev–Trinajstić information content (AvgIpc) is 3.16. The van der Waals surface area contributed by atoms with Crippen LogP contribution in [0, 0.1) is 0 Å². The molecule has 0 amide bonds. The van der Waals surface area contributed by atoms with Gasteiger partial charge in [0.1, 0.15) is 0 Å². The van der Waals surface area contributed by atoms with Crippen molar-refractivity contribution in [1.29, 1.82) is 0 Å². The number of rotatable bonds is 0. The summed E-state index contributed by atoms with van der Waals surface area (Å²) in [5, 5.41) is 5.37. The molecule has 0 spiro atoms. The summed E-state index contributed by atoms with van der Waals surface area (Å²) >= 11 is 0. The van der Waals surface area contributed by atoms with Gasteiger partial charge in [-0.3, -0.25) is 0 Å². The number of aromatic nitrogens is 1. The molecule has 6 rings (SSSR count). The summed E-state index contributed by atoms with van der Waals surface area (Å²) < 4.78 is 0. The van der Waals surface area contributed by atoms with Crippen molar-refractivity contribution in [3.63, 3.8) is 0 Å². The van der Waals surface area contributed by atoms with Crippen LogP contribution in [0.1, 0.15) is 25.0 Å². The van der Waals surface area contributed by atoms with E-state index in [0.29, 0.717) is 0 Å². The number of aromatic amines is 1. The molecule has 124 valence electrons. The van der Waals surface area contributed by atoms with Crippen LogP contribution in [0.5, 0.6) is 0 Å². The summed E-state index contributed by atoms with van der Waals surface area (Å²) in [6.07, 6.45) is 0. The Bertz CT molecular complexity index is 1350. The van der Waals surface area contributed by atoms with Gasteiger partial charge in [0.2, 0.25) is 0 Å². The minimum Gasteiger partial charge on any atom is -0.354 e. The molecule has 1 aliphatic carbocycles. The molecule has 1 aliphatic rings. The second-order valence-electron chi connectivity index (χ2n) is 7.89. The molecule has 0 bridgehead atoms. The fourth-order valence-corrected chi connectivity index (χ4v) is 5.08. The third kappa shape index (κ3) is 1.52. The smallest absolute Gasteiger partial charge is 0.0551 e. The maximum Gasteiger partial charge on any atom is 0.0551 e. The SMILES string of the molecule is CC1(C)c2ccccc2-c2c1c1ccccc1c1[nH]c3ccccc3c21. The Morgan fingerprint density at radius 3 is 2.19 bits per heavy atom. The zero-order valence-corrected chi connectivity index (χ0v) is 14.9. The quantitative estimate of drug-likeness (QED) is 0.321. The summed E-state index contributed by atoms with van der Waals surface area (Å²) in [5.74, 6) is 0. The highest BCUT2D eigenvalue weighted by Crippen LogP contribution is 2.55. The second kappa shape index (κ2) is 4.56. The van der Waals surface area contributed by atoms with E-state index in [1.807, 2.05) is 0 Å². The molecule has 26 heavy (non-hydrogen) atoms. The number of hydrogen-bond acceptors (Lipinski definition) is 0. The van der Waals surface area contributed by atoms with Gasteiger partial charge in [0, 0.05) is 27.1 Å². The number of fused-ring (bicyclic) bond motifs is 10. The fourth-order valence-electron chi connectivity index (χ4n) is 5.08. The fraction of sp³-hybridized carbons (Fsp3) is 0.120. The van der Waals surface area contributed by atoms with Crippen LogP contribution in [-0.2, 0) is 5.41 Å². The summed E-state index contributed by atoms with van der Waals surface area (Å²) in [6, 6.07) is 26.5. The van der Waals surface area contributed by atoms with E-state index in [1.165, 1.54) is 54.8 Å². The van der Waals surface area contributed by atoms with Crippen LogP contribution in [0.4, 0.5) is 0 Å². The van der Waals surface area contributed by atoms with Crippen molar-refractivity contribution in [2.75, 3.05) is 0 Å². The topological polar surface area (TPSA) is 15.8 Å². The minimum absolute atomic E-state index is 0.00189. The zero-order chi connectivity index (χ0) is 17.5. The van der Waals surface area contributed by atoms with Crippen molar-refractivity contribution < 1.29 is 0 Å². The highest BCUT2D eigenvalue weighted by Gasteiger charge is 2.38. The lowest BCUT2D eigenvalue weighted by Crippen LogP contribution is -2.15. The molecule has 1 heteroatoms. The van der Waals surface area contributed by atoms with Crippen molar-refractivity contribution in [2.24, 2.45) is 0 Å². The van der Waals surface area contributed by atoms with Gasteiger partial charge >= 0.3 is 0 Å². The molecule has 0 saturated carbocycles. The van der Waals surface area contributed by atoms with Crippen LogP contribution in [-0.4, -0.2) is 4.98 Å². The summed E-state index contributed by atoms with van der Waals surface area (Å²) in [6.45, 7) is 4.73. The van der Waals surface area contributed by atoms with Crippen molar-refractivity contribution in [3.05, 3.63) is 83.9 Å². The van der Waals surface area contributed by atoms with Gasteiger partial charge in [-0.1, -0.05) is 80.6 Å². The van der Waals surface area contributed by atoms with Crippen LogP contribution in [0.15, 0.2) is 72.8 Å². The lowest BCUT2D eigenvalue weighted by molar-refractivity contribution is 0.666. The maximum atomic E-state index is 3.71. The summed E-state index contributed by atoms with van der Waals surface area (Å²) in [5.41, 5.74) is 8.16. The number of H-pyrrole nitrogens is 1. The van der Waals surface area contributed by atoms with E-state index in [-0.39, 0.29) is 5.41 Å². The molecule has 0 fully saturated rings. The Morgan fingerprint density at radius 2 is 1.35 bits per heavy atom. The van der Waals surface area contributed by atoms with Gasteiger partial charge in [0.05, 0.1) is 5.52 Å². The third-order valence-corrected chi connectivity index (χ3v) is 6.17. The lowest BCUT2D eigenvalue weighted by Gasteiger charge is -2.23. The number of benzene rings is 4. The third-order valence-electron chi connectivity index (χ3n) is 6.17. The molecule has 4 aromatic carbocycles.